The summed E-state index contributed by atoms with van der Waals surface area (Å²) in [4.78, 5) is 212. The molecule has 2 aliphatic rings. The normalized spacial score (nSPS) is 13.9. The van der Waals surface area contributed by atoms with Crippen LogP contribution in [0.3, 0.4) is 0 Å². The van der Waals surface area contributed by atoms with Crippen molar-refractivity contribution in [3.8, 4) is 0 Å². The van der Waals surface area contributed by atoms with Crippen molar-refractivity contribution in [2.75, 3.05) is 19.6 Å². The van der Waals surface area contributed by atoms with E-state index in [2.05, 4.69) is 145 Å². The topological polar surface area (TPSA) is 580 Å². The van der Waals surface area contributed by atoms with E-state index in [1.807, 2.05) is 107 Å². The maximum atomic E-state index is 13.0. The van der Waals surface area contributed by atoms with Gasteiger partial charge >= 0.3 is 69.9 Å². The fourth-order valence-electron chi connectivity index (χ4n) is 15.8. The van der Waals surface area contributed by atoms with Gasteiger partial charge in [0.2, 0.25) is 0 Å². The summed E-state index contributed by atoms with van der Waals surface area (Å²) in [5, 5.41) is 21.6. The number of Topliss-reactive ketones (excluding diaryl/α,β-unsaturated/α-hetero) is 11. The summed E-state index contributed by atoms with van der Waals surface area (Å²) in [5.41, 5.74) is 4.08. The number of amides is 8. The second kappa shape index (κ2) is 69.9. The number of carbonyl (C=O) groups is 16. The van der Waals surface area contributed by atoms with Crippen molar-refractivity contribution in [1.29, 1.82) is 0 Å². The third-order valence-electron chi connectivity index (χ3n) is 23.1. The van der Waals surface area contributed by atoms with E-state index in [-0.39, 0.29) is 127 Å². The average molecular weight is 2290 g/mol. The molecule has 46 heteroatoms. The Kier molecular flexibility index (Phi) is 60.9. The SMILES string of the molecule is CC(=O)C[n+]1ccn2c1C[N+]1(CCCC[C@H](NC(=O)N[C@@H](CCC(=O)CCCc3ccc(SOON)cc3)C(C)=O)C(C)=O)Cc3n(cc[n+]3CC(C)=O)C21.CC(=O)[C@H](CCCCNC(=O)c1cccc(I)c1)NC(=O)N[C@@H](CCC(=O)CCCc1ccc(SOON)cc1)C(C)=O.CC(=O)[C@H](CCCCNC(=O)c1cccc(I)c1)NC(=O)N[C@@H](CCC(=O)Cc1ccc(SOON)cc1)C(C)=O.[C-]#[O+].[C-]#[O+].[C-]#[O+]. The first-order valence-corrected chi connectivity index (χ1v) is 50.7. The summed E-state index contributed by atoms with van der Waals surface area (Å²) in [5.74, 6) is 14.9. The molecule has 8 amide bonds. The van der Waals surface area contributed by atoms with Gasteiger partial charge in [-0.25, -0.2) is 28.0 Å². The van der Waals surface area contributed by atoms with E-state index in [1.54, 1.807) is 62.4 Å². The Bertz CT molecular complexity index is 5420. The van der Waals surface area contributed by atoms with Gasteiger partial charge in [0.15, 0.2) is 59.4 Å². The predicted octanol–water partition coefficient (Wildman–Crippen LogP) is 10.8. The van der Waals surface area contributed by atoms with E-state index >= 15 is 0 Å². The molecule has 0 unspecified atom stereocenters. The van der Waals surface area contributed by atoms with Gasteiger partial charge in [0.05, 0.1) is 78.9 Å². The number of aryl methyl sites for hydroxylation is 2. The summed E-state index contributed by atoms with van der Waals surface area (Å²) in [6, 6.07) is 30.1. The molecule has 9 rings (SSSR count). The van der Waals surface area contributed by atoms with Crippen LogP contribution in [0, 0.1) is 27.1 Å². The third-order valence-corrected chi connectivity index (χ3v) is 26.3. The molecule has 0 aliphatic carbocycles. The number of fused-ring (bicyclic) bond motifs is 5. The molecule has 0 fully saturated rings. The van der Waals surface area contributed by atoms with Crippen LogP contribution in [0.4, 0.5) is 14.4 Å². The van der Waals surface area contributed by atoms with Crippen LogP contribution in [0.5, 0.6) is 0 Å². The fourth-order valence-corrected chi connectivity index (χ4v) is 18.0. The van der Waals surface area contributed by atoms with Gasteiger partial charge in [-0.05, 0) is 293 Å². The molecule has 0 radical (unpaired) electrons. The zero-order valence-corrected chi connectivity index (χ0v) is 88.8. The number of urea groups is 3. The molecular weight excluding hydrogens is 2160 g/mol. The molecule has 41 nitrogen and oxygen atoms in total. The average Bonchev–Trinajstić information content (AvgIpc) is 1.53. The second-order valence-electron chi connectivity index (χ2n) is 34.2. The van der Waals surface area contributed by atoms with E-state index in [9.17, 15) is 76.7 Å². The van der Waals surface area contributed by atoms with Gasteiger partial charge in [0.1, 0.15) is 55.2 Å². The molecule has 145 heavy (non-hydrogen) atoms. The van der Waals surface area contributed by atoms with Crippen molar-refractivity contribution in [1.82, 2.24) is 51.7 Å². The van der Waals surface area contributed by atoms with E-state index in [4.69, 9.17) is 31.6 Å². The second-order valence-corrected chi connectivity index (χ2v) is 39.0. The number of benzene rings is 5. The number of ketones is 11. The molecule has 782 valence electrons. The zero-order chi connectivity index (χ0) is 108. The first kappa shape index (κ1) is 126. The molecule has 4 heterocycles. The van der Waals surface area contributed by atoms with E-state index < -0.39 is 54.3 Å². The number of hydrogen-bond acceptors (Lipinski definition) is 28. The molecule has 7 aromatic rings. The molecule has 14 N–H and O–H groups in total. The predicted molar refractivity (Wildman–Crippen MR) is 544 cm³/mol. The van der Waals surface area contributed by atoms with Crippen LogP contribution in [0.1, 0.15) is 233 Å². The van der Waals surface area contributed by atoms with Crippen molar-refractivity contribution in [2.24, 2.45) is 17.7 Å². The van der Waals surface area contributed by atoms with Gasteiger partial charge in [-0.15, -0.1) is 37.1 Å². The molecule has 2 aromatic heterocycles. The summed E-state index contributed by atoms with van der Waals surface area (Å²) in [7, 11) is 0. The number of carbonyl (C=O) groups excluding carboxylic acids is 16. The molecule has 0 saturated carbocycles. The summed E-state index contributed by atoms with van der Waals surface area (Å²) < 4.78 is 47.4. The number of nitrogens with zero attached hydrogens (tertiary/aromatic N) is 5. The number of hydrogen-bond donors (Lipinski definition) is 11. The monoisotopic (exact) mass is 2290 g/mol. The van der Waals surface area contributed by atoms with E-state index in [0.29, 0.717) is 145 Å². The Morgan fingerprint density at radius 3 is 1.01 bits per heavy atom. The van der Waals surface area contributed by atoms with Crippen molar-refractivity contribution >= 4 is 175 Å². The third kappa shape index (κ3) is 47.1. The van der Waals surface area contributed by atoms with Gasteiger partial charge in [0.25, 0.3) is 11.8 Å². The fraction of sp³-hybridized carbons (Fsp3) is 0.444. The Balaban J connectivity index is 0.000000447. The summed E-state index contributed by atoms with van der Waals surface area (Å²) in [6.07, 6.45) is 17.4. The van der Waals surface area contributed by atoms with Gasteiger partial charge < -0.3 is 42.5 Å². The quantitative estimate of drug-likeness (QED) is 0.00194. The van der Waals surface area contributed by atoms with Crippen LogP contribution in [-0.4, -0.2) is 163 Å². The van der Waals surface area contributed by atoms with Crippen molar-refractivity contribution < 1.29 is 132 Å². The van der Waals surface area contributed by atoms with Crippen molar-refractivity contribution in [2.45, 2.75) is 280 Å². The summed E-state index contributed by atoms with van der Waals surface area (Å²) >= 11 is 7.20. The first-order chi connectivity index (χ1) is 69.5. The van der Waals surface area contributed by atoms with Crippen LogP contribution in [0.15, 0.2) is 161 Å². The van der Waals surface area contributed by atoms with E-state index in [0.717, 1.165) is 99.3 Å². The van der Waals surface area contributed by atoms with Crippen LogP contribution in [0.25, 0.3) is 0 Å². The van der Waals surface area contributed by atoms with Gasteiger partial charge in [-0.3, -0.25) is 62.3 Å². The van der Waals surface area contributed by atoms with Crippen LogP contribution in [-0.2, 0) is 140 Å². The number of aromatic nitrogens is 4. The number of nitrogens with two attached hydrogens (primary N) is 3. The number of nitrogens with one attached hydrogen (secondary N) is 8. The molecule has 6 atom stereocenters. The van der Waals surface area contributed by atoms with Crippen LogP contribution < -0.4 is 69.4 Å². The number of rotatable bonds is 61. The Hall–Kier alpha value is -11.0. The molecular formula is C99H127I2N16O25S3+3. The molecule has 5 aromatic carbocycles. The maximum absolute atomic E-state index is 13.0. The van der Waals surface area contributed by atoms with Crippen LogP contribution >= 0.6 is 81.3 Å². The van der Waals surface area contributed by atoms with Gasteiger partial charge in [0, 0.05) is 84.6 Å². The number of quaternary nitrogens is 1. The van der Waals surface area contributed by atoms with Gasteiger partial charge in [-0.2, -0.15) is 17.7 Å². The first-order valence-electron chi connectivity index (χ1n) is 46.3. The van der Waals surface area contributed by atoms with Crippen molar-refractivity contribution in [3.63, 3.8) is 0 Å². The summed E-state index contributed by atoms with van der Waals surface area (Å²) in [6.45, 7) is 28.6. The number of unbranched alkanes of at least 4 members (excludes halogenated alkanes) is 3. The molecule has 2 aliphatic heterocycles. The molecule has 0 bridgehead atoms. The molecule has 0 spiro atoms. The zero-order valence-electron chi connectivity index (χ0n) is 82.1. The van der Waals surface area contributed by atoms with E-state index in [1.165, 1.54) is 41.5 Å². The minimum atomic E-state index is -0.866. The Morgan fingerprint density at radius 2 is 0.703 bits per heavy atom. The van der Waals surface area contributed by atoms with Crippen LogP contribution in [0.2, 0.25) is 0 Å². The Labute approximate surface area is 882 Å². The van der Waals surface area contributed by atoms with Gasteiger partial charge in [-0.1, -0.05) is 48.5 Å². The Morgan fingerprint density at radius 1 is 0.400 bits per heavy atom. The number of halogens is 2. The molecule has 0 saturated heterocycles. The number of imidazole rings is 2. The standard InChI is InChI=1S/C38H52N8O8S.C30H39IN4O7S.C28H35IN4O7S.3CO/c1-26(47)22-42-17-19-44-35(42)24-46(25-36-43(23-27(2)48)18-20-45(36)38(44)46)21-6-5-10-33(28(3)49)40-37(52)41-34(29(4)50)16-13-31(51)9-7-8-30-11-14-32(15-12-30)55-54-53-39;1-20(36)27(11-3-4-18-33-29(39)23-8-6-9-24(31)19-23)34-30(40)35-28(21(2)37)17-14-25(38)10-5-7-22-12-15-26(16-13-22)43-42-41-32;1-18(34)25(8-3-4-15-31-27(37)21-6-5-7-22(29)17-21)32-28(38)33-26(19(2)35)14-11-23(36)16-20-9-12-24(13-10-20)41-40-39-30;3*1-2/h11-12,14-15,17-20,33-34,38H,5-10,13,16,21-25,39H2,1-4H3,(H-,40,41,52);6,8-9,12-13,15-16,19,27-28H,3-5,7,10-11,14,17-18,32H2,1-2H3,(H,33,39)(H2,34,35,40);5-7,9-10,12-13,17,25-26H,3-4,8,11,14-16,30H2,1-2H3,(H,31,37)(H2,32,33,38);;;/q+2;;;;;/p+1/t33-,34-,38?,46?;27-,28-;25-,26-;;;/m000.../s1. The minimum absolute atomic E-state index is 0.00296. The van der Waals surface area contributed by atoms with Crippen molar-refractivity contribution in [3.05, 3.63) is 213 Å².